The second-order valence-electron chi connectivity index (χ2n) is 18.7. The average Bonchev–Trinajstić information content (AvgIpc) is 3.25. The third kappa shape index (κ3) is 43.0. The van der Waals surface area contributed by atoms with Crippen LogP contribution in [0.15, 0.2) is 24.3 Å². The van der Waals surface area contributed by atoms with Crippen molar-refractivity contribution in [3.63, 3.8) is 0 Å². The van der Waals surface area contributed by atoms with Crippen molar-refractivity contribution < 1.29 is 55.2 Å². The Morgan fingerprint density at radius 1 is 0.508 bits per heavy atom. The minimum Gasteiger partial charge on any atom is -1.00 e. The van der Waals surface area contributed by atoms with E-state index in [1.165, 1.54) is 161 Å². The van der Waals surface area contributed by atoms with E-state index < -0.39 is 0 Å². The van der Waals surface area contributed by atoms with Gasteiger partial charge in [0.2, 0.25) is 0 Å². The SMILES string of the molecule is CCCCCCCC/C=C/CCCCCCCCOCC(C[N+](C)(C)C(CCC)C(=O)OCCC(=O)CCC(=O)CCO)OCCCCCCCC/C=C/CCCCCCCC.[Br-]. The van der Waals surface area contributed by atoms with Crippen LogP contribution in [0, 0.1) is 0 Å². The molecule has 0 aliphatic rings. The lowest BCUT2D eigenvalue weighted by Gasteiger charge is -2.38. The Hall–Kier alpha value is -1.39. The largest absolute Gasteiger partial charge is 1.00 e. The van der Waals surface area contributed by atoms with Crippen LogP contribution in [0.4, 0.5) is 0 Å². The molecule has 0 aromatic rings. The van der Waals surface area contributed by atoms with Gasteiger partial charge in [-0.1, -0.05) is 161 Å². The van der Waals surface area contributed by atoms with E-state index in [0.717, 1.165) is 32.3 Å². The Labute approximate surface area is 400 Å². The lowest BCUT2D eigenvalue weighted by molar-refractivity contribution is -0.910. The van der Waals surface area contributed by atoms with E-state index in [-0.39, 0.29) is 85.6 Å². The number of aliphatic hydroxyl groups is 1. The first kappa shape index (κ1) is 63.7. The highest BCUT2D eigenvalue weighted by atomic mass is 79.9. The summed E-state index contributed by atoms with van der Waals surface area (Å²) in [7, 11) is 4.15. The van der Waals surface area contributed by atoms with Gasteiger partial charge in [0.05, 0.1) is 27.3 Å². The molecular formula is C54H102BrNO7. The molecule has 0 bridgehead atoms. The molecule has 372 valence electrons. The fourth-order valence-corrected chi connectivity index (χ4v) is 8.11. The van der Waals surface area contributed by atoms with E-state index in [1.807, 2.05) is 0 Å². The van der Waals surface area contributed by atoms with Gasteiger partial charge in [-0.05, 0) is 70.6 Å². The van der Waals surface area contributed by atoms with E-state index >= 15 is 0 Å². The number of allylic oxidation sites excluding steroid dienone is 4. The summed E-state index contributed by atoms with van der Waals surface area (Å²) in [6, 6.07) is -0.381. The molecule has 0 radical (unpaired) electrons. The summed E-state index contributed by atoms with van der Waals surface area (Å²) in [6.07, 6.45) is 47.2. The third-order valence-corrected chi connectivity index (χ3v) is 12.2. The normalized spacial score (nSPS) is 12.9. The molecule has 0 fully saturated rings. The fraction of sp³-hybridized carbons (Fsp3) is 0.870. The van der Waals surface area contributed by atoms with Crippen molar-refractivity contribution >= 4 is 17.5 Å². The number of carbonyl (C=O) groups excluding carboxylic acids is 3. The Morgan fingerprint density at radius 3 is 1.37 bits per heavy atom. The number of unbranched alkanes of at least 4 members (excludes halogenated alkanes) is 24. The number of likely N-dealkylation sites (N-methyl/N-ethyl adjacent to an activating group) is 1. The van der Waals surface area contributed by atoms with E-state index in [2.05, 4.69) is 59.2 Å². The number of esters is 1. The number of carbonyl (C=O) groups is 3. The number of Topliss-reactive ketones (excluding diaryl/α,β-unsaturated/α-hetero) is 2. The van der Waals surface area contributed by atoms with Gasteiger partial charge in [-0.15, -0.1) is 0 Å². The molecule has 2 unspecified atom stereocenters. The van der Waals surface area contributed by atoms with Crippen LogP contribution in [0.3, 0.4) is 0 Å². The zero-order valence-corrected chi connectivity index (χ0v) is 43.6. The molecule has 0 heterocycles. The van der Waals surface area contributed by atoms with Crippen LogP contribution in [0.2, 0.25) is 0 Å². The van der Waals surface area contributed by atoms with Crippen LogP contribution in [-0.2, 0) is 28.6 Å². The van der Waals surface area contributed by atoms with Crippen LogP contribution in [-0.4, -0.2) is 92.9 Å². The summed E-state index contributed by atoms with van der Waals surface area (Å²) >= 11 is 0. The van der Waals surface area contributed by atoms with Gasteiger partial charge in [0, 0.05) is 51.9 Å². The smallest absolute Gasteiger partial charge is 0.364 e. The monoisotopic (exact) mass is 956 g/mol. The maximum Gasteiger partial charge on any atom is 0.364 e. The second-order valence-corrected chi connectivity index (χ2v) is 18.7. The van der Waals surface area contributed by atoms with Gasteiger partial charge in [-0.2, -0.15) is 0 Å². The van der Waals surface area contributed by atoms with Crippen LogP contribution in [0.5, 0.6) is 0 Å². The number of hydrogen-bond donors (Lipinski definition) is 1. The van der Waals surface area contributed by atoms with Crippen LogP contribution < -0.4 is 17.0 Å². The summed E-state index contributed by atoms with van der Waals surface area (Å²) in [5.74, 6) is -0.530. The van der Waals surface area contributed by atoms with Gasteiger partial charge in [-0.25, -0.2) is 4.79 Å². The lowest BCUT2D eigenvalue weighted by Crippen LogP contribution is -3.00. The number of quaternary nitrogens is 1. The molecule has 8 nitrogen and oxygen atoms in total. The van der Waals surface area contributed by atoms with Crippen molar-refractivity contribution in [1.29, 1.82) is 0 Å². The third-order valence-electron chi connectivity index (χ3n) is 12.2. The van der Waals surface area contributed by atoms with E-state index in [4.69, 9.17) is 19.3 Å². The average molecular weight is 957 g/mol. The zero-order chi connectivity index (χ0) is 45.6. The van der Waals surface area contributed by atoms with Gasteiger partial charge < -0.3 is 40.8 Å². The van der Waals surface area contributed by atoms with Crippen molar-refractivity contribution in [2.24, 2.45) is 0 Å². The number of hydrogen-bond acceptors (Lipinski definition) is 7. The molecule has 1 N–H and O–H groups in total. The molecule has 9 heteroatoms. The molecule has 0 aliphatic heterocycles. The topological polar surface area (TPSA) is 99.1 Å². The van der Waals surface area contributed by atoms with Crippen molar-refractivity contribution in [2.75, 3.05) is 53.7 Å². The highest BCUT2D eigenvalue weighted by Gasteiger charge is 2.38. The Morgan fingerprint density at radius 2 is 0.921 bits per heavy atom. The standard InChI is InChI=1S/C54H102NO7.BrH/c1-6-9-11-13-15-17-19-21-23-25-27-29-31-33-35-37-45-60-49-52(61-46-38-36-34-32-30-28-26-24-22-20-18-16-14-12-10-7-2)48-55(4,5)53(39-8-3)54(59)62-47-43-51(58)41-40-50(57)42-44-56;/h21-24,52-53,56H,6-20,25-49H2,1-5H3;1H/q+1;/p-1/b23-21+,24-22+;. The Balaban J connectivity index is 0. The lowest BCUT2D eigenvalue weighted by atomic mass is 10.1. The second kappa shape index (κ2) is 48.5. The van der Waals surface area contributed by atoms with Gasteiger partial charge in [-0.3, -0.25) is 9.59 Å². The first-order valence-corrected chi connectivity index (χ1v) is 26.3. The minimum atomic E-state index is -0.381. The van der Waals surface area contributed by atoms with Crippen molar-refractivity contribution in [1.82, 2.24) is 0 Å². The Bertz CT molecular complexity index is 1080. The maximum atomic E-state index is 13.4. The van der Waals surface area contributed by atoms with E-state index in [9.17, 15) is 14.4 Å². The molecule has 0 rings (SSSR count). The van der Waals surface area contributed by atoms with Crippen LogP contribution in [0.1, 0.15) is 239 Å². The van der Waals surface area contributed by atoms with Gasteiger partial charge in [0.15, 0.2) is 6.04 Å². The predicted molar refractivity (Wildman–Crippen MR) is 262 cm³/mol. The molecule has 0 spiro atoms. The van der Waals surface area contributed by atoms with Gasteiger partial charge >= 0.3 is 5.97 Å². The quantitative estimate of drug-likeness (QED) is 0.0281. The predicted octanol–water partition coefficient (Wildman–Crippen LogP) is 10.9. The summed E-state index contributed by atoms with van der Waals surface area (Å²) in [4.78, 5) is 37.5. The molecular weight excluding hydrogens is 854 g/mol. The van der Waals surface area contributed by atoms with Crippen molar-refractivity contribution in [3.8, 4) is 0 Å². The maximum absolute atomic E-state index is 13.4. The number of ketones is 2. The van der Waals surface area contributed by atoms with Crippen LogP contribution in [0.25, 0.3) is 0 Å². The summed E-state index contributed by atoms with van der Waals surface area (Å²) < 4.78 is 18.9. The van der Waals surface area contributed by atoms with Crippen molar-refractivity contribution in [2.45, 2.75) is 251 Å². The first-order valence-electron chi connectivity index (χ1n) is 26.3. The van der Waals surface area contributed by atoms with Crippen molar-refractivity contribution in [3.05, 3.63) is 24.3 Å². The Kier molecular flexibility index (Phi) is 49.1. The molecule has 0 saturated carbocycles. The van der Waals surface area contributed by atoms with Crippen LogP contribution >= 0.6 is 0 Å². The minimum absolute atomic E-state index is 0. The number of nitrogens with zero attached hydrogens (tertiary/aromatic N) is 1. The molecule has 0 saturated heterocycles. The highest BCUT2D eigenvalue weighted by Crippen LogP contribution is 2.19. The molecule has 0 aromatic heterocycles. The zero-order valence-electron chi connectivity index (χ0n) is 42.0. The highest BCUT2D eigenvalue weighted by molar-refractivity contribution is 5.86. The van der Waals surface area contributed by atoms with E-state index in [0.29, 0.717) is 30.7 Å². The van der Waals surface area contributed by atoms with E-state index in [1.54, 1.807) is 0 Å². The molecule has 2 atom stereocenters. The molecule has 0 aromatic carbocycles. The summed E-state index contributed by atoms with van der Waals surface area (Å²) in [5.41, 5.74) is 0. The first-order chi connectivity index (χ1) is 30.2. The van der Waals surface area contributed by atoms with Gasteiger partial charge in [0.25, 0.3) is 0 Å². The number of rotatable bonds is 49. The fourth-order valence-electron chi connectivity index (χ4n) is 8.11. The number of ether oxygens (including phenoxy) is 3. The molecule has 0 aliphatic carbocycles. The molecule has 63 heavy (non-hydrogen) atoms. The number of aliphatic hydroxyl groups excluding tert-OH is 1. The summed E-state index contributed by atoms with van der Waals surface area (Å²) in [6.45, 7) is 8.99. The summed E-state index contributed by atoms with van der Waals surface area (Å²) in [5, 5.41) is 8.93. The number of halogens is 1. The molecule has 0 amide bonds. The van der Waals surface area contributed by atoms with Gasteiger partial charge in [0.1, 0.15) is 24.2 Å².